The fourth-order valence-corrected chi connectivity index (χ4v) is 6.17. The lowest BCUT2D eigenvalue weighted by Crippen LogP contribution is -2.35. The number of ether oxygens (including phenoxy) is 1. The molecule has 0 saturated heterocycles. The summed E-state index contributed by atoms with van der Waals surface area (Å²) >= 11 is 2.14. The monoisotopic (exact) mass is 460 g/mol. The van der Waals surface area contributed by atoms with Gasteiger partial charge in [-0.15, -0.1) is 22.7 Å². The Morgan fingerprint density at radius 1 is 1.23 bits per heavy atom. The summed E-state index contributed by atoms with van der Waals surface area (Å²) < 4.78 is 44.6. The van der Waals surface area contributed by atoms with Crippen LogP contribution in [-0.4, -0.2) is 28.6 Å². The van der Waals surface area contributed by atoms with Crippen molar-refractivity contribution >= 4 is 39.6 Å². The van der Waals surface area contributed by atoms with E-state index in [9.17, 15) is 27.9 Å². The molecule has 2 aliphatic rings. The Morgan fingerprint density at radius 3 is 2.63 bits per heavy atom. The number of carboxylic acid groups (broad SMARTS) is 1. The Bertz CT molecular complexity index is 970. The molecule has 1 aliphatic heterocycles. The number of hydrogen-bond donors (Lipinski definition) is 2. The molecule has 1 amide bonds. The number of aliphatic carboxylic acids is 1. The summed E-state index contributed by atoms with van der Waals surface area (Å²) in [6, 6.07) is 0. The minimum atomic E-state index is -4.55. The Balaban J connectivity index is 1.68. The third kappa shape index (κ3) is 4.10. The first kappa shape index (κ1) is 21.3. The molecule has 1 aliphatic carbocycles. The van der Waals surface area contributed by atoms with Crippen molar-refractivity contribution in [2.75, 3.05) is 11.9 Å². The number of fused-ring (bicyclic) bond motifs is 1. The number of halogens is 3. The Labute approximate surface area is 178 Å². The maximum absolute atomic E-state index is 13.1. The number of anilines is 1. The molecule has 30 heavy (non-hydrogen) atoms. The lowest BCUT2D eigenvalue weighted by Gasteiger charge is -2.27. The molecule has 0 aromatic carbocycles. The number of carboxylic acids is 1. The van der Waals surface area contributed by atoms with Crippen molar-refractivity contribution in [3.05, 3.63) is 21.5 Å². The zero-order valence-corrected chi connectivity index (χ0v) is 17.4. The van der Waals surface area contributed by atoms with Crippen LogP contribution in [0.5, 0.6) is 0 Å². The van der Waals surface area contributed by atoms with Gasteiger partial charge in [-0.25, -0.2) is 4.98 Å². The van der Waals surface area contributed by atoms with Crippen LogP contribution in [0.1, 0.15) is 41.8 Å². The van der Waals surface area contributed by atoms with Gasteiger partial charge in [0.2, 0.25) is 5.91 Å². The molecular formula is C19H19F3N2O4S2. The SMILES string of the molecule is O=C(O)[C@H]1CCCC[C@@H]1C(=O)Nc1sc2c(c1-c1nc(C(F)(F)F)cs1)CCOC2. The predicted molar refractivity (Wildman–Crippen MR) is 106 cm³/mol. The number of rotatable bonds is 4. The molecule has 11 heteroatoms. The molecule has 4 rings (SSSR count). The van der Waals surface area contributed by atoms with E-state index in [4.69, 9.17) is 4.74 Å². The number of nitrogens with one attached hydrogen (secondary N) is 1. The van der Waals surface area contributed by atoms with E-state index in [0.29, 0.717) is 43.0 Å². The predicted octanol–water partition coefficient (Wildman–Crippen LogP) is 4.79. The number of hydrogen-bond acceptors (Lipinski definition) is 6. The third-order valence-corrected chi connectivity index (χ3v) is 7.47. The van der Waals surface area contributed by atoms with Crippen LogP contribution in [0, 0.1) is 11.8 Å². The van der Waals surface area contributed by atoms with Gasteiger partial charge in [-0.1, -0.05) is 12.8 Å². The number of nitrogens with zero attached hydrogens (tertiary/aromatic N) is 1. The summed E-state index contributed by atoms with van der Waals surface area (Å²) in [4.78, 5) is 29.1. The highest BCUT2D eigenvalue weighted by Gasteiger charge is 2.38. The van der Waals surface area contributed by atoms with Crippen molar-refractivity contribution in [2.45, 2.75) is 44.9 Å². The van der Waals surface area contributed by atoms with Gasteiger partial charge in [0.1, 0.15) is 10.0 Å². The number of amides is 1. The van der Waals surface area contributed by atoms with Crippen LogP contribution in [0.4, 0.5) is 18.2 Å². The highest BCUT2D eigenvalue weighted by molar-refractivity contribution is 7.18. The van der Waals surface area contributed by atoms with Gasteiger partial charge in [-0.05, 0) is 24.8 Å². The average Bonchev–Trinajstić information content (AvgIpc) is 3.32. The zero-order valence-electron chi connectivity index (χ0n) is 15.8. The van der Waals surface area contributed by atoms with E-state index >= 15 is 0 Å². The summed E-state index contributed by atoms with van der Waals surface area (Å²) in [5.41, 5.74) is 0.364. The van der Waals surface area contributed by atoms with Crippen molar-refractivity contribution in [3.8, 4) is 10.6 Å². The average molecular weight is 460 g/mol. The van der Waals surface area contributed by atoms with Gasteiger partial charge < -0.3 is 15.2 Å². The quantitative estimate of drug-likeness (QED) is 0.685. The molecule has 2 atom stereocenters. The minimum Gasteiger partial charge on any atom is -0.481 e. The van der Waals surface area contributed by atoms with Gasteiger partial charge >= 0.3 is 12.1 Å². The van der Waals surface area contributed by atoms with Crippen LogP contribution in [-0.2, 0) is 33.5 Å². The molecule has 1 fully saturated rings. The molecule has 2 aromatic heterocycles. The summed E-state index contributed by atoms with van der Waals surface area (Å²) in [6.45, 7) is 0.757. The largest absolute Gasteiger partial charge is 0.481 e. The van der Waals surface area contributed by atoms with E-state index < -0.39 is 35.6 Å². The zero-order chi connectivity index (χ0) is 21.5. The van der Waals surface area contributed by atoms with Crippen LogP contribution in [0.2, 0.25) is 0 Å². The third-order valence-electron chi connectivity index (χ3n) is 5.49. The van der Waals surface area contributed by atoms with Crippen LogP contribution in [0.25, 0.3) is 10.6 Å². The van der Waals surface area contributed by atoms with E-state index in [1.165, 1.54) is 11.3 Å². The smallest absolute Gasteiger partial charge is 0.434 e. The lowest BCUT2D eigenvalue weighted by atomic mass is 9.79. The molecule has 0 bridgehead atoms. The molecule has 2 aromatic rings. The maximum atomic E-state index is 13.1. The standard InChI is InChI=1S/C19H19F3N2O4S2/c20-19(21,22)13-8-29-16(23-13)14-11-5-6-28-7-12(11)30-17(14)24-15(25)9-3-1-2-4-10(9)18(26)27/h8-10H,1-7H2,(H,24,25)(H,26,27)/t9-,10-/m0/s1. The summed E-state index contributed by atoms with van der Waals surface area (Å²) in [7, 11) is 0. The summed E-state index contributed by atoms with van der Waals surface area (Å²) in [5.74, 6) is -2.82. The normalized spacial score (nSPS) is 21.8. The van der Waals surface area contributed by atoms with E-state index in [1.807, 2.05) is 0 Å². The number of thiazole rings is 1. The van der Waals surface area contributed by atoms with Gasteiger partial charge in [0.25, 0.3) is 0 Å². The molecule has 1 saturated carbocycles. The second-order valence-electron chi connectivity index (χ2n) is 7.37. The van der Waals surface area contributed by atoms with Crippen LogP contribution >= 0.6 is 22.7 Å². The molecule has 6 nitrogen and oxygen atoms in total. The number of thiophene rings is 1. The van der Waals surface area contributed by atoms with Crippen LogP contribution in [0.15, 0.2) is 5.38 Å². The highest BCUT2D eigenvalue weighted by atomic mass is 32.1. The summed E-state index contributed by atoms with van der Waals surface area (Å²) in [5, 5.41) is 13.8. The fraction of sp³-hybridized carbons (Fsp3) is 0.526. The van der Waals surface area contributed by atoms with Crippen molar-refractivity contribution in [2.24, 2.45) is 11.8 Å². The van der Waals surface area contributed by atoms with Crippen LogP contribution in [0.3, 0.4) is 0 Å². The molecule has 3 heterocycles. The van der Waals surface area contributed by atoms with E-state index in [2.05, 4.69) is 10.3 Å². The number of alkyl halides is 3. The Kier molecular flexibility index (Phi) is 5.86. The van der Waals surface area contributed by atoms with Gasteiger partial charge in [0.15, 0.2) is 5.69 Å². The van der Waals surface area contributed by atoms with Gasteiger partial charge in [-0.3, -0.25) is 9.59 Å². The first-order valence-electron chi connectivity index (χ1n) is 9.54. The number of aromatic nitrogens is 1. The van der Waals surface area contributed by atoms with Crippen molar-refractivity contribution in [1.29, 1.82) is 0 Å². The Morgan fingerprint density at radius 2 is 1.97 bits per heavy atom. The Hall–Kier alpha value is -1.98. The fourth-order valence-electron chi connectivity index (χ4n) is 4.01. The van der Waals surface area contributed by atoms with Crippen molar-refractivity contribution in [1.82, 2.24) is 4.98 Å². The first-order valence-corrected chi connectivity index (χ1v) is 11.2. The summed E-state index contributed by atoms with van der Waals surface area (Å²) in [6.07, 6.45) is -1.59. The van der Waals surface area contributed by atoms with Crippen molar-refractivity contribution in [3.63, 3.8) is 0 Å². The number of carbonyl (C=O) groups excluding carboxylic acids is 1. The maximum Gasteiger partial charge on any atom is 0.434 e. The van der Waals surface area contributed by atoms with Gasteiger partial charge in [0, 0.05) is 15.8 Å². The minimum absolute atomic E-state index is 0.190. The first-order chi connectivity index (χ1) is 14.3. The molecule has 0 radical (unpaired) electrons. The van der Waals surface area contributed by atoms with E-state index in [1.54, 1.807) is 0 Å². The molecule has 162 valence electrons. The molecule has 0 spiro atoms. The van der Waals surface area contributed by atoms with Crippen LogP contribution < -0.4 is 5.32 Å². The molecular weight excluding hydrogens is 441 g/mol. The molecule has 2 N–H and O–H groups in total. The second-order valence-corrected chi connectivity index (χ2v) is 9.33. The van der Waals surface area contributed by atoms with E-state index in [0.717, 1.165) is 40.0 Å². The van der Waals surface area contributed by atoms with Gasteiger partial charge in [0.05, 0.1) is 25.0 Å². The highest BCUT2D eigenvalue weighted by Crippen LogP contribution is 2.46. The van der Waals surface area contributed by atoms with Gasteiger partial charge in [-0.2, -0.15) is 13.2 Å². The second kappa shape index (κ2) is 8.27. The van der Waals surface area contributed by atoms with E-state index in [-0.39, 0.29) is 5.01 Å². The molecule has 0 unspecified atom stereocenters. The topological polar surface area (TPSA) is 88.5 Å². The van der Waals surface area contributed by atoms with Crippen molar-refractivity contribution < 1.29 is 32.6 Å². The lowest BCUT2D eigenvalue weighted by molar-refractivity contribution is -0.147. The number of carbonyl (C=O) groups is 2.